The molecule has 4 heteroatoms. The second-order valence-electron chi connectivity index (χ2n) is 6.02. The van der Waals surface area contributed by atoms with Crippen molar-refractivity contribution in [2.45, 2.75) is 50.4 Å². The van der Waals surface area contributed by atoms with Crippen LogP contribution in [-0.4, -0.2) is 39.3 Å². The lowest BCUT2D eigenvalue weighted by atomic mass is 9.71. The van der Waals surface area contributed by atoms with Crippen molar-refractivity contribution in [1.82, 2.24) is 4.90 Å². The third-order valence-electron chi connectivity index (χ3n) is 4.97. The number of nitrogens with zero attached hydrogens (tertiary/aromatic N) is 1. The van der Waals surface area contributed by atoms with Crippen LogP contribution >= 0.6 is 0 Å². The number of fused-ring (bicyclic) bond motifs is 3. The van der Waals surface area contributed by atoms with E-state index in [0.29, 0.717) is 6.42 Å². The van der Waals surface area contributed by atoms with E-state index in [2.05, 4.69) is 11.8 Å². The van der Waals surface area contributed by atoms with Crippen LogP contribution < -0.4 is 0 Å². The van der Waals surface area contributed by atoms with Crippen molar-refractivity contribution in [2.24, 2.45) is 5.92 Å². The summed E-state index contributed by atoms with van der Waals surface area (Å²) in [6, 6.07) is 9.70. The molecule has 0 aromatic heterocycles. The van der Waals surface area contributed by atoms with E-state index in [9.17, 15) is 15.0 Å². The molecule has 4 rings (SSSR count). The Morgan fingerprint density at radius 1 is 1.30 bits per heavy atom. The Morgan fingerprint density at radius 3 is 2.60 bits per heavy atom. The molecule has 2 heterocycles. The van der Waals surface area contributed by atoms with Gasteiger partial charge >= 0.3 is 5.97 Å². The van der Waals surface area contributed by atoms with Crippen molar-refractivity contribution in [1.29, 1.82) is 0 Å². The van der Waals surface area contributed by atoms with Crippen LogP contribution in [0.25, 0.3) is 0 Å². The standard InChI is InChI=1S/C16H21NO3/c1-10(11-5-3-2-4-6-11)17-12-7-8-13(14(18)9-12)15(17)16(19)20/h2-6,10,12-15,18H,7-9H2,1H3,(H,19,20)/t10-,12+,13-,14-,15+/m1/s1. The summed E-state index contributed by atoms with van der Waals surface area (Å²) in [5, 5.41) is 19.7. The minimum Gasteiger partial charge on any atom is -0.480 e. The van der Waals surface area contributed by atoms with E-state index in [1.165, 1.54) is 0 Å². The maximum absolute atomic E-state index is 11.7. The molecule has 1 aromatic rings. The van der Waals surface area contributed by atoms with E-state index in [-0.39, 0.29) is 18.0 Å². The summed E-state index contributed by atoms with van der Waals surface area (Å²) in [5.74, 6) is -0.940. The highest BCUT2D eigenvalue weighted by Crippen LogP contribution is 2.44. The second kappa shape index (κ2) is 5.19. The lowest BCUT2D eigenvalue weighted by Crippen LogP contribution is -2.63. The molecule has 3 fully saturated rings. The smallest absolute Gasteiger partial charge is 0.321 e. The van der Waals surface area contributed by atoms with Crippen molar-refractivity contribution in [3.8, 4) is 0 Å². The van der Waals surface area contributed by atoms with Gasteiger partial charge < -0.3 is 10.2 Å². The quantitative estimate of drug-likeness (QED) is 0.886. The number of rotatable bonds is 3. The molecule has 1 saturated carbocycles. The molecule has 4 nitrogen and oxygen atoms in total. The Bertz CT molecular complexity index is 490. The average molecular weight is 275 g/mol. The SMILES string of the molecule is C[C@H](c1ccccc1)N1[C@H]2CC[C@H]([C@H](O)C2)[C@H]1C(=O)O. The molecule has 0 unspecified atom stereocenters. The van der Waals surface area contributed by atoms with Crippen molar-refractivity contribution in [3.63, 3.8) is 0 Å². The summed E-state index contributed by atoms with van der Waals surface area (Å²) < 4.78 is 0. The van der Waals surface area contributed by atoms with Gasteiger partial charge in [0.2, 0.25) is 0 Å². The topological polar surface area (TPSA) is 60.8 Å². The van der Waals surface area contributed by atoms with Crippen LogP contribution in [0.15, 0.2) is 30.3 Å². The molecular formula is C16H21NO3. The van der Waals surface area contributed by atoms with E-state index in [1.807, 2.05) is 30.3 Å². The van der Waals surface area contributed by atoms with Crippen LogP contribution in [0, 0.1) is 5.92 Å². The molecule has 20 heavy (non-hydrogen) atoms. The minimum absolute atomic E-state index is 0.0672. The summed E-state index contributed by atoms with van der Waals surface area (Å²) >= 11 is 0. The highest BCUT2D eigenvalue weighted by Gasteiger charge is 2.51. The molecule has 0 radical (unpaired) electrons. The van der Waals surface area contributed by atoms with E-state index >= 15 is 0 Å². The third kappa shape index (κ3) is 2.13. The molecule has 3 aliphatic rings. The van der Waals surface area contributed by atoms with Crippen molar-refractivity contribution in [3.05, 3.63) is 35.9 Å². The van der Waals surface area contributed by atoms with Crippen LogP contribution in [0.5, 0.6) is 0 Å². The van der Waals surface area contributed by atoms with Crippen molar-refractivity contribution in [2.75, 3.05) is 0 Å². The zero-order valence-electron chi connectivity index (χ0n) is 11.6. The Morgan fingerprint density at radius 2 is 2.00 bits per heavy atom. The fourth-order valence-corrected chi connectivity index (χ4v) is 4.01. The molecule has 1 aromatic carbocycles. The predicted octanol–water partition coefficient (Wildman–Crippen LogP) is 2.05. The molecular weight excluding hydrogens is 254 g/mol. The lowest BCUT2D eigenvalue weighted by Gasteiger charge is -2.54. The fraction of sp³-hybridized carbons (Fsp3) is 0.562. The molecule has 0 amide bonds. The second-order valence-corrected chi connectivity index (χ2v) is 6.02. The van der Waals surface area contributed by atoms with Crippen LogP contribution in [0.1, 0.15) is 37.8 Å². The maximum atomic E-state index is 11.7. The van der Waals surface area contributed by atoms with Crippen molar-refractivity contribution < 1.29 is 15.0 Å². The van der Waals surface area contributed by atoms with E-state index in [1.54, 1.807) is 0 Å². The van der Waals surface area contributed by atoms with Gasteiger partial charge in [-0.1, -0.05) is 30.3 Å². The first-order chi connectivity index (χ1) is 9.59. The molecule has 2 N–H and O–H groups in total. The summed E-state index contributed by atoms with van der Waals surface area (Å²) in [6.07, 6.45) is 2.05. The number of hydrogen-bond acceptors (Lipinski definition) is 3. The van der Waals surface area contributed by atoms with Gasteiger partial charge in [0, 0.05) is 18.0 Å². The number of carboxylic acids is 1. The van der Waals surface area contributed by atoms with Crippen LogP contribution in [0.4, 0.5) is 0 Å². The van der Waals surface area contributed by atoms with Gasteiger partial charge in [-0.05, 0) is 31.7 Å². The average Bonchev–Trinajstić information content (AvgIpc) is 2.47. The summed E-state index contributed by atoms with van der Waals surface area (Å²) in [5.41, 5.74) is 1.14. The van der Waals surface area contributed by atoms with Crippen LogP contribution in [0.2, 0.25) is 0 Å². The Labute approximate surface area is 119 Å². The number of hydrogen-bond donors (Lipinski definition) is 2. The monoisotopic (exact) mass is 275 g/mol. The van der Waals surface area contributed by atoms with Crippen molar-refractivity contribution >= 4 is 5.97 Å². The maximum Gasteiger partial charge on any atom is 0.321 e. The number of benzene rings is 1. The molecule has 2 saturated heterocycles. The number of carbonyl (C=O) groups is 1. The number of aliphatic hydroxyl groups is 1. The van der Waals surface area contributed by atoms with Gasteiger partial charge in [0.25, 0.3) is 0 Å². The van der Waals surface area contributed by atoms with Gasteiger partial charge in [-0.3, -0.25) is 9.69 Å². The number of carboxylic acid groups (broad SMARTS) is 1. The number of piperidine rings is 2. The molecule has 0 spiro atoms. The zero-order chi connectivity index (χ0) is 14.3. The molecule has 1 aliphatic carbocycles. The highest BCUT2D eigenvalue weighted by molar-refractivity contribution is 5.74. The minimum atomic E-state index is -0.804. The largest absolute Gasteiger partial charge is 0.480 e. The molecule has 5 atom stereocenters. The zero-order valence-corrected chi connectivity index (χ0v) is 11.6. The Balaban J connectivity index is 1.92. The third-order valence-corrected chi connectivity index (χ3v) is 4.97. The Kier molecular flexibility index (Phi) is 3.52. The fourth-order valence-electron chi connectivity index (χ4n) is 4.01. The summed E-state index contributed by atoms with van der Waals surface area (Å²) in [7, 11) is 0. The van der Waals surface area contributed by atoms with E-state index in [0.717, 1.165) is 18.4 Å². The summed E-state index contributed by atoms with van der Waals surface area (Å²) in [4.78, 5) is 13.8. The van der Waals surface area contributed by atoms with Gasteiger partial charge in [-0.15, -0.1) is 0 Å². The predicted molar refractivity (Wildman–Crippen MR) is 75.3 cm³/mol. The Hall–Kier alpha value is -1.39. The van der Waals surface area contributed by atoms with Gasteiger partial charge in [0.05, 0.1) is 6.10 Å². The highest BCUT2D eigenvalue weighted by atomic mass is 16.4. The van der Waals surface area contributed by atoms with Gasteiger partial charge in [0.15, 0.2) is 0 Å². The normalized spacial score (nSPS) is 34.9. The van der Waals surface area contributed by atoms with Crippen LogP contribution in [0.3, 0.4) is 0 Å². The van der Waals surface area contributed by atoms with Crippen LogP contribution in [-0.2, 0) is 4.79 Å². The lowest BCUT2D eigenvalue weighted by molar-refractivity contribution is -0.166. The number of aliphatic hydroxyl groups excluding tert-OH is 1. The van der Waals surface area contributed by atoms with Gasteiger partial charge in [0.1, 0.15) is 6.04 Å². The first-order valence-corrected chi connectivity index (χ1v) is 7.33. The molecule has 2 bridgehead atoms. The van der Waals surface area contributed by atoms with E-state index < -0.39 is 18.1 Å². The van der Waals surface area contributed by atoms with Gasteiger partial charge in [-0.2, -0.15) is 0 Å². The number of aliphatic carboxylic acids is 1. The molecule has 108 valence electrons. The van der Waals surface area contributed by atoms with E-state index in [4.69, 9.17) is 0 Å². The first kappa shape index (κ1) is 13.6. The first-order valence-electron chi connectivity index (χ1n) is 7.33. The van der Waals surface area contributed by atoms with Gasteiger partial charge in [-0.25, -0.2) is 0 Å². The molecule has 2 aliphatic heterocycles. The summed E-state index contributed by atoms with van der Waals surface area (Å²) in [6.45, 7) is 2.07.